The van der Waals surface area contributed by atoms with E-state index >= 15 is 0 Å². The summed E-state index contributed by atoms with van der Waals surface area (Å²) in [4.78, 5) is 2.17. The summed E-state index contributed by atoms with van der Waals surface area (Å²) in [5.74, 6) is 0.765. The van der Waals surface area contributed by atoms with E-state index in [1.807, 2.05) is 0 Å². The molecule has 8 heteroatoms. The van der Waals surface area contributed by atoms with E-state index < -0.39 is 9.84 Å². The molecule has 0 aromatic carbocycles. The lowest BCUT2D eigenvalue weighted by molar-refractivity contribution is 0.282. The van der Waals surface area contributed by atoms with E-state index in [0.29, 0.717) is 18.9 Å². The third-order valence-electron chi connectivity index (χ3n) is 2.54. The van der Waals surface area contributed by atoms with Crippen molar-refractivity contribution in [2.45, 2.75) is 26.9 Å². The van der Waals surface area contributed by atoms with Crippen LogP contribution in [0.4, 0.5) is 0 Å². The fourth-order valence-corrected chi connectivity index (χ4v) is 1.91. The van der Waals surface area contributed by atoms with Crippen molar-refractivity contribution < 1.29 is 8.42 Å². The Morgan fingerprint density at radius 3 is 2.47 bits per heavy atom. The number of rotatable bonds is 7. The molecule has 0 bridgehead atoms. The largest absolute Gasteiger partial charge is 0.296 e. The molecule has 0 aliphatic rings. The highest BCUT2D eigenvalue weighted by Crippen LogP contribution is 2.00. The van der Waals surface area contributed by atoms with Gasteiger partial charge in [0.15, 0.2) is 5.82 Å². The molecule has 0 unspecified atom stereocenters. The first-order chi connectivity index (χ1) is 7.96. The summed E-state index contributed by atoms with van der Waals surface area (Å²) < 4.78 is 23.7. The van der Waals surface area contributed by atoms with Crippen LogP contribution in [0.3, 0.4) is 0 Å². The highest BCUT2D eigenvalue weighted by Gasteiger charge is 2.11. The minimum absolute atomic E-state index is 0.0588. The van der Waals surface area contributed by atoms with Gasteiger partial charge in [0.1, 0.15) is 9.84 Å². The monoisotopic (exact) mass is 261 g/mol. The molecular formula is C9H19N5O2S. The summed E-state index contributed by atoms with van der Waals surface area (Å²) in [5, 5.41) is 11.3. The van der Waals surface area contributed by atoms with Gasteiger partial charge in [-0.1, -0.05) is 13.8 Å². The van der Waals surface area contributed by atoms with Gasteiger partial charge in [0.05, 0.1) is 18.8 Å². The molecule has 0 aliphatic heterocycles. The van der Waals surface area contributed by atoms with E-state index in [1.54, 1.807) is 4.68 Å². The van der Waals surface area contributed by atoms with Crippen LogP contribution < -0.4 is 0 Å². The highest BCUT2D eigenvalue weighted by atomic mass is 32.2. The number of aromatic nitrogens is 4. The standard InChI is InChI=1S/C9H19N5O2S/c1-4-13(5-2)8-9-10-11-12-14(9)6-7-17(3,15)16/h4-8H2,1-3H3. The molecule has 1 heterocycles. The average molecular weight is 261 g/mol. The van der Waals surface area contributed by atoms with Crippen LogP contribution in [-0.4, -0.2) is 58.6 Å². The maximum Gasteiger partial charge on any atom is 0.165 e. The van der Waals surface area contributed by atoms with E-state index in [-0.39, 0.29) is 5.75 Å². The normalized spacial score (nSPS) is 12.2. The predicted octanol–water partition coefficient (Wildman–Crippen LogP) is -0.440. The summed E-state index contributed by atoms with van der Waals surface area (Å²) in [6.07, 6.45) is 1.21. The maximum atomic E-state index is 11.1. The number of nitrogens with zero attached hydrogens (tertiary/aromatic N) is 5. The first-order valence-electron chi connectivity index (χ1n) is 5.61. The molecule has 0 N–H and O–H groups in total. The van der Waals surface area contributed by atoms with E-state index in [4.69, 9.17) is 0 Å². The second kappa shape index (κ2) is 6.06. The molecule has 0 saturated carbocycles. The van der Waals surface area contributed by atoms with Gasteiger partial charge in [0, 0.05) is 6.26 Å². The molecular weight excluding hydrogens is 242 g/mol. The fraction of sp³-hybridized carbons (Fsp3) is 0.889. The van der Waals surface area contributed by atoms with Crippen LogP contribution >= 0.6 is 0 Å². The Bertz CT molecular complexity index is 438. The second-order valence-corrected chi connectivity index (χ2v) is 6.17. The van der Waals surface area contributed by atoms with Gasteiger partial charge < -0.3 is 0 Å². The zero-order valence-electron chi connectivity index (χ0n) is 10.5. The molecule has 98 valence electrons. The number of hydrogen-bond acceptors (Lipinski definition) is 6. The van der Waals surface area contributed by atoms with Crippen molar-refractivity contribution in [2.75, 3.05) is 25.1 Å². The molecule has 0 saturated heterocycles. The van der Waals surface area contributed by atoms with Crippen molar-refractivity contribution >= 4 is 9.84 Å². The summed E-state index contributed by atoms with van der Waals surface area (Å²) in [7, 11) is -2.99. The predicted molar refractivity (Wildman–Crippen MR) is 64.2 cm³/mol. The molecule has 1 rings (SSSR count). The Kier molecular flexibility index (Phi) is 5.01. The van der Waals surface area contributed by atoms with Crippen molar-refractivity contribution in [3.63, 3.8) is 0 Å². The minimum Gasteiger partial charge on any atom is -0.296 e. The summed E-state index contributed by atoms with van der Waals surface area (Å²) in [5.41, 5.74) is 0. The molecule has 0 spiro atoms. The number of hydrogen-bond donors (Lipinski definition) is 0. The molecule has 0 aliphatic carbocycles. The van der Waals surface area contributed by atoms with Gasteiger partial charge in [0.25, 0.3) is 0 Å². The molecule has 0 amide bonds. The molecule has 1 aromatic heterocycles. The summed E-state index contributed by atoms with van der Waals surface area (Å²) in [6.45, 7) is 6.90. The Balaban J connectivity index is 2.65. The van der Waals surface area contributed by atoms with E-state index in [0.717, 1.165) is 13.1 Å². The first kappa shape index (κ1) is 14.0. The van der Waals surface area contributed by atoms with Crippen LogP contribution in [0.2, 0.25) is 0 Å². The number of aryl methyl sites for hydroxylation is 1. The molecule has 1 aromatic rings. The molecule has 0 atom stereocenters. The van der Waals surface area contributed by atoms with Crippen LogP contribution in [0.25, 0.3) is 0 Å². The highest BCUT2D eigenvalue weighted by molar-refractivity contribution is 7.90. The first-order valence-corrected chi connectivity index (χ1v) is 7.67. The second-order valence-electron chi connectivity index (χ2n) is 3.91. The van der Waals surface area contributed by atoms with Gasteiger partial charge >= 0.3 is 0 Å². The minimum atomic E-state index is -2.99. The quantitative estimate of drug-likeness (QED) is 0.662. The van der Waals surface area contributed by atoms with Gasteiger partial charge in [-0.05, 0) is 23.5 Å². The Morgan fingerprint density at radius 2 is 1.94 bits per heavy atom. The van der Waals surface area contributed by atoms with Crippen molar-refractivity contribution in [1.29, 1.82) is 0 Å². The lowest BCUT2D eigenvalue weighted by Gasteiger charge is -2.16. The van der Waals surface area contributed by atoms with Crippen molar-refractivity contribution in [1.82, 2.24) is 25.1 Å². The van der Waals surface area contributed by atoms with Crippen LogP contribution in [0.15, 0.2) is 0 Å². The lowest BCUT2D eigenvalue weighted by Crippen LogP contribution is -2.25. The fourth-order valence-electron chi connectivity index (χ4n) is 1.41. The van der Waals surface area contributed by atoms with E-state index in [1.165, 1.54) is 6.26 Å². The maximum absolute atomic E-state index is 11.1. The zero-order valence-corrected chi connectivity index (χ0v) is 11.3. The Hall–Kier alpha value is -1.02. The van der Waals surface area contributed by atoms with Gasteiger partial charge in [-0.15, -0.1) is 5.10 Å². The van der Waals surface area contributed by atoms with Crippen LogP contribution in [0.5, 0.6) is 0 Å². The van der Waals surface area contributed by atoms with Crippen molar-refractivity contribution in [2.24, 2.45) is 0 Å². The summed E-state index contributed by atoms with van der Waals surface area (Å²) in [6, 6.07) is 0. The van der Waals surface area contributed by atoms with Crippen LogP contribution in [0.1, 0.15) is 19.7 Å². The number of tetrazole rings is 1. The van der Waals surface area contributed by atoms with E-state index in [2.05, 4.69) is 34.3 Å². The number of sulfone groups is 1. The van der Waals surface area contributed by atoms with Gasteiger partial charge in [-0.25, -0.2) is 13.1 Å². The Labute approximate surface area is 102 Å². The third-order valence-corrected chi connectivity index (χ3v) is 3.46. The lowest BCUT2D eigenvalue weighted by atomic mass is 10.4. The van der Waals surface area contributed by atoms with Gasteiger partial charge in [0.2, 0.25) is 0 Å². The van der Waals surface area contributed by atoms with Gasteiger partial charge in [-0.2, -0.15) is 0 Å². The zero-order chi connectivity index (χ0) is 12.9. The SMILES string of the molecule is CCN(CC)Cc1nnnn1CCS(C)(=O)=O. The van der Waals surface area contributed by atoms with Crippen molar-refractivity contribution in [3.8, 4) is 0 Å². The molecule has 0 fully saturated rings. The van der Waals surface area contributed by atoms with E-state index in [9.17, 15) is 8.42 Å². The summed E-state index contributed by atoms with van der Waals surface area (Å²) >= 11 is 0. The topological polar surface area (TPSA) is 81.0 Å². The van der Waals surface area contributed by atoms with Crippen molar-refractivity contribution in [3.05, 3.63) is 5.82 Å². The Morgan fingerprint density at radius 1 is 1.29 bits per heavy atom. The van der Waals surface area contributed by atoms with Gasteiger partial charge in [-0.3, -0.25) is 4.90 Å². The average Bonchev–Trinajstić information content (AvgIpc) is 2.69. The molecule has 7 nitrogen and oxygen atoms in total. The molecule has 0 radical (unpaired) electrons. The molecule has 17 heavy (non-hydrogen) atoms. The smallest absolute Gasteiger partial charge is 0.165 e. The van der Waals surface area contributed by atoms with Crippen LogP contribution in [0, 0.1) is 0 Å². The third kappa shape index (κ3) is 4.78. The van der Waals surface area contributed by atoms with Crippen LogP contribution in [-0.2, 0) is 22.9 Å².